The standard InChI is InChI=1S/C17H17F3N2O3S/c1-26-16-21-13(10-14(22-16)25-15(23)17(18,19)20)8-5-9-24-11-12-6-3-2-4-7-12/h2-4,6-7,10H,5,8-9,11H2,1H3. The summed E-state index contributed by atoms with van der Waals surface area (Å²) in [6.07, 6.45) is -2.32. The van der Waals surface area contributed by atoms with E-state index in [9.17, 15) is 18.0 Å². The van der Waals surface area contributed by atoms with Crippen molar-refractivity contribution in [3.8, 4) is 5.88 Å². The van der Waals surface area contributed by atoms with Gasteiger partial charge in [-0.1, -0.05) is 42.1 Å². The van der Waals surface area contributed by atoms with Crippen molar-refractivity contribution in [3.05, 3.63) is 47.7 Å². The molecule has 0 saturated carbocycles. The smallest absolute Gasteiger partial charge is 0.401 e. The van der Waals surface area contributed by atoms with Gasteiger partial charge in [0.1, 0.15) is 0 Å². The zero-order valence-electron chi connectivity index (χ0n) is 14.0. The molecule has 0 radical (unpaired) electrons. The fraction of sp³-hybridized carbons (Fsp3) is 0.353. The first-order chi connectivity index (χ1) is 12.4. The normalized spacial score (nSPS) is 11.4. The molecule has 2 rings (SSSR count). The number of aromatic nitrogens is 2. The van der Waals surface area contributed by atoms with E-state index >= 15 is 0 Å². The number of esters is 1. The first kappa shape index (κ1) is 20.2. The van der Waals surface area contributed by atoms with Gasteiger partial charge in [0.2, 0.25) is 5.88 Å². The molecule has 0 N–H and O–H groups in total. The van der Waals surface area contributed by atoms with Gasteiger partial charge in [-0.2, -0.15) is 18.2 Å². The van der Waals surface area contributed by atoms with Gasteiger partial charge in [0.25, 0.3) is 0 Å². The molecule has 9 heteroatoms. The van der Waals surface area contributed by atoms with Gasteiger partial charge in [-0.15, -0.1) is 0 Å². The Morgan fingerprint density at radius 3 is 2.58 bits per heavy atom. The second-order valence-electron chi connectivity index (χ2n) is 5.21. The molecular formula is C17H17F3N2O3S. The minimum atomic E-state index is -5.07. The van der Waals surface area contributed by atoms with E-state index in [1.165, 1.54) is 6.07 Å². The minimum absolute atomic E-state index is 0.234. The predicted molar refractivity (Wildman–Crippen MR) is 89.9 cm³/mol. The highest BCUT2D eigenvalue weighted by Gasteiger charge is 2.41. The van der Waals surface area contributed by atoms with E-state index in [-0.39, 0.29) is 5.16 Å². The Hall–Kier alpha value is -2.13. The van der Waals surface area contributed by atoms with Crippen LogP contribution in [0.4, 0.5) is 13.2 Å². The molecule has 0 aliphatic carbocycles. The highest BCUT2D eigenvalue weighted by atomic mass is 32.2. The lowest BCUT2D eigenvalue weighted by Gasteiger charge is -2.09. The Balaban J connectivity index is 1.87. The molecule has 0 aliphatic rings. The molecule has 0 bridgehead atoms. The van der Waals surface area contributed by atoms with Crippen LogP contribution in [0.25, 0.3) is 0 Å². The van der Waals surface area contributed by atoms with Gasteiger partial charge >= 0.3 is 12.1 Å². The summed E-state index contributed by atoms with van der Waals surface area (Å²) in [5, 5.41) is 0.234. The van der Waals surface area contributed by atoms with Crippen molar-refractivity contribution >= 4 is 17.7 Å². The largest absolute Gasteiger partial charge is 0.491 e. The summed E-state index contributed by atoms with van der Waals surface area (Å²) in [5.74, 6) is -2.72. The molecule has 0 amide bonds. The van der Waals surface area contributed by atoms with Crippen LogP contribution in [0.3, 0.4) is 0 Å². The Labute approximate surface area is 152 Å². The van der Waals surface area contributed by atoms with E-state index in [0.29, 0.717) is 31.7 Å². The van der Waals surface area contributed by atoms with E-state index in [4.69, 9.17) is 4.74 Å². The number of carbonyl (C=O) groups excluding carboxylic acids is 1. The van der Waals surface area contributed by atoms with E-state index < -0.39 is 18.0 Å². The van der Waals surface area contributed by atoms with Crippen LogP contribution in [0.15, 0.2) is 41.6 Å². The van der Waals surface area contributed by atoms with Crippen molar-refractivity contribution in [3.63, 3.8) is 0 Å². The number of halogens is 3. The molecule has 1 heterocycles. The van der Waals surface area contributed by atoms with Crippen molar-refractivity contribution in [2.45, 2.75) is 30.8 Å². The zero-order valence-corrected chi connectivity index (χ0v) is 14.8. The molecule has 2 aromatic rings. The van der Waals surface area contributed by atoms with Crippen LogP contribution >= 0.6 is 11.8 Å². The summed E-state index contributed by atoms with van der Waals surface area (Å²) in [4.78, 5) is 18.9. The van der Waals surface area contributed by atoms with Crippen LogP contribution < -0.4 is 4.74 Å². The van der Waals surface area contributed by atoms with Gasteiger partial charge < -0.3 is 9.47 Å². The van der Waals surface area contributed by atoms with Crippen molar-refractivity contribution in [1.29, 1.82) is 0 Å². The predicted octanol–water partition coefficient (Wildman–Crippen LogP) is 3.82. The maximum Gasteiger partial charge on any atom is 0.491 e. The molecule has 0 spiro atoms. The molecule has 1 aromatic heterocycles. The van der Waals surface area contributed by atoms with Gasteiger partial charge in [-0.25, -0.2) is 9.78 Å². The third kappa shape index (κ3) is 6.64. The molecule has 0 unspecified atom stereocenters. The number of rotatable bonds is 8. The molecule has 0 fully saturated rings. The third-order valence-electron chi connectivity index (χ3n) is 3.18. The van der Waals surface area contributed by atoms with E-state index in [2.05, 4.69) is 14.7 Å². The Morgan fingerprint density at radius 1 is 1.19 bits per heavy atom. The zero-order chi connectivity index (χ0) is 19.0. The highest BCUT2D eigenvalue weighted by molar-refractivity contribution is 7.98. The average Bonchev–Trinajstić information content (AvgIpc) is 2.61. The number of alkyl halides is 3. The molecule has 0 saturated heterocycles. The molecule has 0 atom stereocenters. The number of thioether (sulfide) groups is 1. The van der Waals surface area contributed by atoms with E-state index in [1.807, 2.05) is 30.3 Å². The lowest BCUT2D eigenvalue weighted by atomic mass is 10.2. The molecule has 1 aromatic carbocycles. The van der Waals surface area contributed by atoms with Gasteiger partial charge in [0.15, 0.2) is 5.16 Å². The van der Waals surface area contributed by atoms with Crippen LogP contribution in [0.2, 0.25) is 0 Å². The molecule has 5 nitrogen and oxygen atoms in total. The summed E-state index contributed by atoms with van der Waals surface area (Å²) in [6, 6.07) is 10.9. The topological polar surface area (TPSA) is 61.3 Å². The lowest BCUT2D eigenvalue weighted by molar-refractivity contribution is -0.190. The van der Waals surface area contributed by atoms with E-state index in [1.54, 1.807) is 6.26 Å². The Bertz CT molecular complexity index is 727. The van der Waals surface area contributed by atoms with Crippen molar-refractivity contribution in [2.24, 2.45) is 0 Å². The van der Waals surface area contributed by atoms with Gasteiger partial charge in [-0.3, -0.25) is 0 Å². The maximum atomic E-state index is 12.3. The van der Waals surface area contributed by atoms with Crippen molar-refractivity contribution in [1.82, 2.24) is 9.97 Å². The number of benzene rings is 1. The number of hydrogen-bond acceptors (Lipinski definition) is 6. The maximum absolute atomic E-state index is 12.3. The quantitative estimate of drug-likeness (QED) is 0.298. The van der Waals surface area contributed by atoms with Crippen LogP contribution in [-0.2, 0) is 22.6 Å². The van der Waals surface area contributed by atoms with Crippen molar-refractivity contribution < 1.29 is 27.4 Å². The molecular weight excluding hydrogens is 369 g/mol. The summed E-state index contributed by atoms with van der Waals surface area (Å²) < 4.78 is 46.8. The minimum Gasteiger partial charge on any atom is -0.401 e. The fourth-order valence-corrected chi connectivity index (χ4v) is 2.38. The van der Waals surface area contributed by atoms with Crippen molar-refractivity contribution in [2.75, 3.05) is 12.9 Å². The van der Waals surface area contributed by atoms with Gasteiger partial charge in [0.05, 0.1) is 6.61 Å². The third-order valence-corrected chi connectivity index (χ3v) is 3.73. The SMILES string of the molecule is CSc1nc(CCCOCc2ccccc2)cc(OC(=O)C(F)(F)F)n1. The number of hydrogen-bond donors (Lipinski definition) is 0. The monoisotopic (exact) mass is 386 g/mol. The summed E-state index contributed by atoms with van der Waals surface area (Å²) in [5.41, 5.74) is 1.54. The molecule has 0 aliphatic heterocycles. The summed E-state index contributed by atoms with van der Waals surface area (Å²) >= 11 is 1.15. The first-order valence-electron chi connectivity index (χ1n) is 7.71. The van der Waals surface area contributed by atoms with Crippen LogP contribution in [0, 0.1) is 0 Å². The van der Waals surface area contributed by atoms with Gasteiger partial charge in [0, 0.05) is 18.4 Å². The Kier molecular flexibility index (Phi) is 7.40. The van der Waals surface area contributed by atoms with Crippen LogP contribution in [-0.4, -0.2) is 35.0 Å². The second kappa shape index (κ2) is 9.54. The van der Waals surface area contributed by atoms with E-state index in [0.717, 1.165) is 17.3 Å². The number of carbonyl (C=O) groups is 1. The van der Waals surface area contributed by atoms with Gasteiger partial charge in [-0.05, 0) is 24.7 Å². The second-order valence-corrected chi connectivity index (χ2v) is 5.99. The van der Waals surface area contributed by atoms with Crippen LogP contribution in [0.5, 0.6) is 5.88 Å². The number of aryl methyl sites for hydroxylation is 1. The highest BCUT2D eigenvalue weighted by Crippen LogP contribution is 2.21. The molecule has 26 heavy (non-hydrogen) atoms. The molecule has 140 valence electrons. The average molecular weight is 386 g/mol. The lowest BCUT2D eigenvalue weighted by Crippen LogP contribution is -2.28. The number of nitrogens with zero attached hydrogens (tertiary/aromatic N) is 2. The first-order valence-corrected chi connectivity index (χ1v) is 8.93. The summed E-state index contributed by atoms with van der Waals surface area (Å²) in [6.45, 7) is 0.945. The van der Waals surface area contributed by atoms with Crippen LogP contribution in [0.1, 0.15) is 17.7 Å². The fourth-order valence-electron chi connectivity index (χ4n) is 1.99. The number of ether oxygens (including phenoxy) is 2. The summed E-state index contributed by atoms with van der Waals surface area (Å²) in [7, 11) is 0. The Morgan fingerprint density at radius 2 is 1.92 bits per heavy atom.